The largest absolute Gasteiger partial charge is 0.352 e. The number of para-hydroxylation sites is 1. The summed E-state index contributed by atoms with van der Waals surface area (Å²) in [5, 5.41) is 11.5. The molecule has 6 nitrogen and oxygen atoms in total. The average Bonchev–Trinajstić information content (AvgIpc) is 3.24. The van der Waals surface area contributed by atoms with Crippen molar-refractivity contribution in [1.82, 2.24) is 20.1 Å². The first-order chi connectivity index (χ1) is 11.8. The van der Waals surface area contributed by atoms with Gasteiger partial charge in [0, 0.05) is 31.7 Å². The molecule has 134 valence electrons. The lowest BCUT2D eigenvalue weighted by atomic mass is 10.2. The van der Waals surface area contributed by atoms with Crippen molar-refractivity contribution in [2.45, 2.75) is 26.3 Å². The van der Waals surface area contributed by atoms with Crippen LogP contribution >= 0.6 is 24.0 Å². The number of halogens is 1. The molecule has 0 unspecified atom stereocenters. The second-order valence-corrected chi connectivity index (χ2v) is 5.70. The third-order valence-electron chi connectivity index (χ3n) is 4.16. The SMILES string of the molecule is C=CCNC(=NCCn1cnnc1CC)N1CCc2ccccc21.I. The monoisotopic (exact) mass is 452 g/mol. The molecule has 2 heterocycles. The topological polar surface area (TPSA) is 58.3 Å². The molecule has 0 amide bonds. The maximum absolute atomic E-state index is 4.80. The van der Waals surface area contributed by atoms with Gasteiger partial charge in [-0.05, 0) is 18.1 Å². The summed E-state index contributed by atoms with van der Waals surface area (Å²) in [4.78, 5) is 7.06. The number of hydrogen-bond donors (Lipinski definition) is 1. The number of nitrogens with zero attached hydrogens (tertiary/aromatic N) is 5. The number of fused-ring (bicyclic) bond motifs is 1. The van der Waals surface area contributed by atoms with Crippen molar-refractivity contribution < 1.29 is 0 Å². The van der Waals surface area contributed by atoms with Crippen LogP contribution in [0.5, 0.6) is 0 Å². The fourth-order valence-corrected chi connectivity index (χ4v) is 2.96. The highest BCUT2D eigenvalue weighted by molar-refractivity contribution is 14.0. The molecular weight excluding hydrogens is 427 g/mol. The highest BCUT2D eigenvalue weighted by Crippen LogP contribution is 2.27. The summed E-state index contributed by atoms with van der Waals surface area (Å²) in [6, 6.07) is 8.51. The lowest BCUT2D eigenvalue weighted by Crippen LogP contribution is -2.41. The van der Waals surface area contributed by atoms with Gasteiger partial charge >= 0.3 is 0 Å². The molecule has 1 aromatic carbocycles. The van der Waals surface area contributed by atoms with Crippen LogP contribution in [-0.2, 0) is 19.4 Å². The highest BCUT2D eigenvalue weighted by Gasteiger charge is 2.22. The van der Waals surface area contributed by atoms with Crippen molar-refractivity contribution >= 4 is 35.6 Å². The van der Waals surface area contributed by atoms with Crippen LogP contribution in [0, 0.1) is 0 Å². The number of nitrogens with one attached hydrogen (secondary N) is 1. The van der Waals surface area contributed by atoms with E-state index in [1.54, 1.807) is 6.33 Å². The third-order valence-corrected chi connectivity index (χ3v) is 4.16. The number of guanidine groups is 1. The average molecular weight is 452 g/mol. The van der Waals surface area contributed by atoms with E-state index < -0.39 is 0 Å². The number of aryl methyl sites for hydroxylation is 1. The quantitative estimate of drug-likeness (QED) is 0.317. The van der Waals surface area contributed by atoms with Crippen molar-refractivity contribution in [3.8, 4) is 0 Å². The van der Waals surface area contributed by atoms with Crippen LogP contribution in [0.2, 0.25) is 0 Å². The van der Waals surface area contributed by atoms with Crippen LogP contribution in [0.15, 0.2) is 48.2 Å². The number of anilines is 1. The van der Waals surface area contributed by atoms with E-state index >= 15 is 0 Å². The summed E-state index contributed by atoms with van der Waals surface area (Å²) in [7, 11) is 0. The summed E-state index contributed by atoms with van der Waals surface area (Å²) >= 11 is 0. The number of hydrogen-bond acceptors (Lipinski definition) is 3. The Hall–Kier alpha value is -1.90. The fraction of sp³-hybridized carbons (Fsp3) is 0.389. The van der Waals surface area contributed by atoms with Crippen molar-refractivity contribution in [1.29, 1.82) is 0 Å². The van der Waals surface area contributed by atoms with Gasteiger partial charge in [0.2, 0.25) is 0 Å². The van der Waals surface area contributed by atoms with E-state index in [-0.39, 0.29) is 24.0 Å². The smallest absolute Gasteiger partial charge is 0.198 e. The van der Waals surface area contributed by atoms with Crippen LogP contribution in [-0.4, -0.2) is 40.4 Å². The Morgan fingerprint density at radius 1 is 1.40 bits per heavy atom. The molecule has 3 rings (SSSR count). The summed E-state index contributed by atoms with van der Waals surface area (Å²) in [5.74, 6) is 1.91. The Bertz CT molecular complexity index is 724. The minimum Gasteiger partial charge on any atom is -0.352 e. The standard InChI is InChI=1S/C18H24N6.HI/c1-3-10-19-18(20-11-13-23-14-21-22-17(23)4-2)24-12-9-15-7-5-6-8-16(15)24;/h3,5-8,14H,1,4,9-13H2,2H3,(H,19,20);1H. The first-order valence-corrected chi connectivity index (χ1v) is 8.44. The number of benzene rings is 1. The van der Waals surface area contributed by atoms with E-state index in [2.05, 4.69) is 62.7 Å². The molecule has 1 N–H and O–H groups in total. The minimum atomic E-state index is 0. The summed E-state index contributed by atoms with van der Waals surface area (Å²) < 4.78 is 2.06. The fourth-order valence-electron chi connectivity index (χ4n) is 2.96. The molecule has 0 aliphatic carbocycles. The Labute approximate surface area is 166 Å². The number of aromatic nitrogens is 3. The van der Waals surface area contributed by atoms with Gasteiger partial charge in [-0.15, -0.1) is 40.8 Å². The van der Waals surface area contributed by atoms with E-state index in [0.717, 1.165) is 37.7 Å². The van der Waals surface area contributed by atoms with Crippen molar-refractivity contribution in [2.24, 2.45) is 4.99 Å². The van der Waals surface area contributed by atoms with E-state index in [1.807, 2.05) is 6.08 Å². The van der Waals surface area contributed by atoms with Crippen molar-refractivity contribution in [3.63, 3.8) is 0 Å². The molecule has 0 atom stereocenters. The van der Waals surface area contributed by atoms with Gasteiger partial charge in [0.15, 0.2) is 5.96 Å². The lowest BCUT2D eigenvalue weighted by molar-refractivity contribution is 0.664. The zero-order valence-corrected chi connectivity index (χ0v) is 16.9. The van der Waals surface area contributed by atoms with Gasteiger partial charge in [0.25, 0.3) is 0 Å². The predicted octanol–water partition coefficient (Wildman–Crippen LogP) is 2.65. The Balaban J connectivity index is 0.00000225. The normalized spacial score (nSPS) is 13.3. The van der Waals surface area contributed by atoms with Crippen molar-refractivity contribution in [2.75, 3.05) is 24.5 Å². The molecule has 0 spiro atoms. The van der Waals surface area contributed by atoms with Gasteiger partial charge in [-0.1, -0.05) is 31.2 Å². The van der Waals surface area contributed by atoms with Gasteiger partial charge in [0.05, 0.1) is 6.54 Å². The van der Waals surface area contributed by atoms with Gasteiger partial charge in [-0.2, -0.15) is 0 Å². The number of rotatable bonds is 6. The predicted molar refractivity (Wildman–Crippen MR) is 113 cm³/mol. The minimum absolute atomic E-state index is 0. The molecule has 1 aliphatic heterocycles. The molecule has 0 radical (unpaired) electrons. The van der Waals surface area contributed by atoms with E-state index in [4.69, 9.17) is 4.99 Å². The summed E-state index contributed by atoms with van der Waals surface area (Å²) in [5.41, 5.74) is 2.61. The van der Waals surface area contributed by atoms with Gasteiger partial charge in [0.1, 0.15) is 12.2 Å². The third kappa shape index (κ3) is 4.59. The zero-order valence-electron chi connectivity index (χ0n) is 14.6. The zero-order chi connectivity index (χ0) is 16.8. The molecule has 0 saturated heterocycles. The van der Waals surface area contributed by atoms with E-state index in [0.29, 0.717) is 13.1 Å². The molecule has 0 fully saturated rings. The Morgan fingerprint density at radius 3 is 3.04 bits per heavy atom. The first-order valence-electron chi connectivity index (χ1n) is 8.44. The molecule has 7 heteroatoms. The molecule has 0 bridgehead atoms. The van der Waals surface area contributed by atoms with Crippen molar-refractivity contribution in [3.05, 3.63) is 54.6 Å². The maximum Gasteiger partial charge on any atom is 0.198 e. The summed E-state index contributed by atoms with van der Waals surface area (Å²) in [6.45, 7) is 8.99. The summed E-state index contributed by atoms with van der Waals surface area (Å²) in [6.07, 6.45) is 5.56. The van der Waals surface area contributed by atoms with E-state index in [9.17, 15) is 0 Å². The Morgan fingerprint density at radius 2 is 2.24 bits per heavy atom. The molecule has 1 aromatic heterocycles. The molecule has 1 aliphatic rings. The van der Waals surface area contributed by atoms with Gasteiger partial charge in [-0.25, -0.2) is 0 Å². The first kappa shape index (κ1) is 19.4. The molecule has 25 heavy (non-hydrogen) atoms. The maximum atomic E-state index is 4.80. The van der Waals surface area contributed by atoms with Gasteiger partial charge < -0.3 is 14.8 Å². The van der Waals surface area contributed by atoms with Crippen LogP contribution in [0.4, 0.5) is 5.69 Å². The molecule has 0 saturated carbocycles. The number of aliphatic imine (C=N–C) groups is 1. The van der Waals surface area contributed by atoms with Gasteiger partial charge in [-0.3, -0.25) is 4.99 Å². The molecular formula is C18H25IN6. The highest BCUT2D eigenvalue weighted by atomic mass is 127. The lowest BCUT2D eigenvalue weighted by Gasteiger charge is -2.22. The molecule has 2 aromatic rings. The van der Waals surface area contributed by atoms with E-state index in [1.165, 1.54) is 11.3 Å². The Kier molecular flexibility index (Phi) is 7.42. The van der Waals surface area contributed by atoms with Crippen LogP contribution in [0.25, 0.3) is 0 Å². The van der Waals surface area contributed by atoms with Crippen LogP contribution in [0.3, 0.4) is 0 Å². The second kappa shape index (κ2) is 9.55. The second-order valence-electron chi connectivity index (χ2n) is 5.70. The van der Waals surface area contributed by atoms with Crippen LogP contribution in [0.1, 0.15) is 18.3 Å². The van der Waals surface area contributed by atoms with Crippen LogP contribution < -0.4 is 10.2 Å².